The van der Waals surface area contributed by atoms with Crippen molar-refractivity contribution in [2.24, 2.45) is 0 Å². The highest BCUT2D eigenvalue weighted by atomic mass is 35.5. The summed E-state index contributed by atoms with van der Waals surface area (Å²) >= 11 is 10.4. The van der Waals surface area contributed by atoms with Gasteiger partial charge in [-0.1, -0.05) is 0 Å². The summed E-state index contributed by atoms with van der Waals surface area (Å²) in [4.78, 5) is 15.3. The van der Waals surface area contributed by atoms with Crippen LogP contribution >= 0.6 is 23.6 Å². The SMILES string of the molecule is Nc1nc(NCl)nc(NCl)n1. The van der Waals surface area contributed by atoms with E-state index in [9.17, 15) is 0 Å². The summed E-state index contributed by atoms with van der Waals surface area (Å²) in [5, 5.41) is 0. The molecule has 0 saturated carbocycles. The number of anilines is 3. The van der Waals surface area contributed by atoms with E-state index >= 15 is 0 Å². The van der Waals surface area contributed by atoms with Crippen LogP contribution in [0.2, 0.25) is 0 Å². The monoisotopic (exact) mass is 194 g/mol. The third-order valence-corrected chi connectivity index (χ3v) is 1.16. The average molecular weight is 195 g/mol. The standard InChI is InChI=1S/C3H4Cl2N6/c4-10-2-7-1(6)8-3(9-2)11-5/h(H4,6,7,8,9,10,11). The van der Waals surface area contributed by atoms with Crippen molar-refractivity contribution in [1.82, 2.24) is 15.0 Å². The molecule has 60 valence electrons. The Morgan fingerprint density at radius 2 is 1.45 bits per heavy atom. The first-order chi connectivity index (χ1) is 5.26. The van der Waals surface area contributed by atoms with Gasteiger partial charge in [-0.3, -0.25) is 9.67 Å². The van der Waals surface area contributed by atoms with Crippen molar-refractivity contribution < 1.29 is 0 Å². The lowest BCUT2D eigenvalue weighted by Crippen LogP contribution is -2.02. The molecule has 0 spiro atoms. The number of nitrogens with one attached hydrogen (secondary N) is 2. The minimum atomic E-state index is 0.0336. The molecular weight excluding hydrogens is 191 g/mol. The van der Waals surface area contributed by atoms with Gasteiger partial charge < -0.3 is 5.73 Å². The zero-order valence-corrected chi connectivity index (χ0v) is 6.69. The molecule has 0 fully saturated rings. The van der Waals surface area contributed by atoms with Crippen LogP contribution in [0.4, 0.5) is 17.8 Å². The minimum Gasteiger partial charge on any atom is -0.368 e. The van der Waals surface area contributed by atoms with E-state index in [2.05, 4.69) is 24.6 Å². The number of nitrogens with two attached hydrogens (primary N) is 1. The summed E-state index contributed by atoms with van der Waals surface area (Å²) in [6.45, 7) is 0. The second-order valence-corrected chi connectivity index (χ2v) is 1.91. The molecule has 0 bridgehead atoms. The van der Waals surface area contributed by atoms with Crippen LogP contribution in [0, 0.1) is 0 Å². The predicted molar refractivity (Wildman–Crippen MR) is 43.2 cm³/mol. The quantitative estimate of drug-likeness (QED) is 0.598. The maximum atomic E-state index is 5.25. The fraction of sp³-hybridized carbons (Fsp3) is 0. The van der Waals surface area contributed by atoms with E-state index in [-0.39, 0.29) is 17.8 Å². The maximum absolute atomic E-state index is 5.25. The van der Waals surface area contributed by atoms with Crippen molar-refractivity contribution >= 4 is 41.4 Å². The molecule has 4 N–H and O–H groups in total. The normalized spacial score (nSPS) is 9.27. The average Bonchev–Trinajstić information content (AvgIpc) is 2.03. The predicted octanol–water partition coefficient (Wildman–Crippen LogP) is 0.585. The lowest BCUT2D eigenvalue weighted by molar-refractivity contribution is 1.09. The fourth-order valence-corrected chi connectivity index (χ4v) is 0.646. The number of halogens is 2. The Morgan fingerprint density at radius 3 is 1.82 bits per heavy atom. The Hall–Kier alpha value is -1.01. The molecule has 1 aromatic rings. The molecule has 0 aromatic carbocycles. The van der Waals surface area contributed by atoms with E-state index in [0.717, 1.165) is 0 Å². The molecule has 1 heterocycles. The van der Waals surface area contributed by atoms with Crippen molar-refractivity contribution in [1.29, 1.82) is 0 Å². The van der Waals surface area contributed by atoms with Crippen LogP contribution in [0.5, 0.6) is 0 Å². The summed E-state index contributed by atoms with van der Waals surface area (Å²) in [5.74, 6) is 0.316. The number of nitrogens with zero attached hydrogens (tertiary/aromatic N) is 3. The minimum absolute atomic E-state index is 0.0336. The second-order valence-electron chi connectivity index (χ2n) is 1.53. The molecule has 0 atom stereocenters. The molecule has 11 heavy (non-hydrogen) atoms. The summed E-state index contributed by atoms with van der Waals surface area (Å²) in [5.41, 5.74) is 5.25. The van der Waals surface area contributed by atoms with Crippen molar-refractivity contribution in [3.05, 3.63) is 0 Å². The Bertz CT molecular complexity index is 229. The molecule has 0 saturated heterocycles. The van der Waals surface area contributed by atoms with Gasteiger partial charge in [0.25, 0.3) is 0 Å². The number of aromatic nitrogens is 3. The van der Waals surface area contributed by atoms with E-state index < -0.39 is 0 Å². The number of rotatable bonds is 2. The van der Waals surface area contributed by atoms with Crippen LogP contribution in [-0.2, 0) is 0 Å². The Morgan fingerprint density at radius 1 is 1.00 bits per heavy atom. The summed E-state index contributed by atoms with van der Waals surface area (Å²) in [6.07, 6.45) is 0. The zero-order valence-electron chi connectivity index (χ0n) is 5.17. The molecule has 0 aliphatic rings. The van der Waals surface area contributed by atoms with Crippen LogP contribution in [0.3, 0.4) is 0 Å². The van der Waals surface area contributed by atoms with E-state index in [1.807, 2.05) is 0 Å². The first-order valence-electron chi connectivity index (χ1n) is 2.51. The number of nitrogen functional groups attached to an aromatic ring is 1. The van der Waals surface area contributed by atoms with Gasteiger partial charge in [-0.15, -0.1) is 0 Å². The van der Waals surface area contributed by atoms with Gasteiger partial charge in [0.1, 0.15) is 0 Å². The van der Waals surface area contributed by atoms with Crippen molar-refractivity contribution in [2.45, 2.75) is 0 Å². The largest absolute Gasteiger partial charge is 0.368 e. The summed E-state index contributed by atoms with van der Waals surface area (Å²) in [6, 6.07) is 0. The van der Waals surface area contributed by atoms with E-state index in [1.165, 1.54) is 0 Å². The van der Waals surface area contributed by atoms with Crippen LogP contribution < -0.4 is 15.4 Å². The van der Waals surface area contributed by atoms with E-state index in [1.54, 1.807) is 0 Å². The highest BCUT2D eigenvalue weighted by Gasteiger charge is 2.00. The highest BCUT2D eigenvalue weighted by Crippen LogP contribution is 2.07. The number of hydrogen-bond acceptors (Lipinski definition) is 6. The molecule has 1 rings (SSSR count). The molecule has 1 aromatic heterocycles. The van der Waals surface area contributed by atoms with Crippen LogP contribution in [-0.4, -0.2) is 15.0 Å². The molecule has 0 aliphatic heterocycles. The van der Waals surface area contributed by atoms with Gasteiger partial charge in [0.05, 0.1) is 0 Å². The van der Waals surface area contributed by atoms with Gasteiger partial charge in [-0.25, -0.2) is 0 Å². The van der Waals surface area contributed by atoms with Crippen molar-refractivity contribution in [3.63, 3.8) is 0 Å². The lowest BCUT2D eigenvalue weighted by atomic mass is 10.8. The zero-order chi connectivity index (χ0) is 8.27. The van der Waals surface area contributed by atoms with Crippen molar-refractivity contribution in [3.8, 4) is 0 Å². The van der Waals surface area contributed by atoms with E-state index in [4.69, 9.17) is 29.3 Å². The van der Waals surface area contributed by atoms with Gasteiger partial charge in [-0.2, -0.15) is 15.0 Å². The van der Waals surface area contributed by atoms with E-state index in [0.29, 0.717) is 0 Å². The smallest absolute Gasteiger partial charge is 0.244 e. The van der Waals surface area contributed by atoms with Gasteiger partial charge in [0, 0.05) is 23.6 Å². The van der Waals surface area contributed by atoms with Gasteiger partial charge in [0.2, 0.25) is 17.8 Å². The summed E-state index contributed by atoms with van der Waals surface area (Å²) in [7, 11) is 0. The summed E-state index contributed by atoms with van der Waals surface area (Å²) < 4.78 is 0. The third kappa shape index (κ3) is 1.95. The van der Waals surface area contributed by atoms with Gasteiger partial charge >= 0.3 is 0 Å². The Balaban J connectivity index is 3.02. The fourth-order valence-electron chi connectivity index (χ4n) is 0.477. The Labute approximate surface area is 72.4 Å². The molecule has 0 amide bonds. The van der Waals surface area contributed by atoms with Crippen molar-refractivity contribution in [2.75, 3.05) is 15.4 Å². The number of hydrogen-bond donors (Lipinski definition) is 3. The molecule has 0 aliphatic carbocycles. The maximum Gasteiger partial charge on any atom is 0.244 e. The second kappa shape index (κ2) is 3.40. The first-order valence-corrected chi connectivity index (χ1v) is 3.26. The molecule has 0 unspecified atom stereocenters. The molecule has 0 radical (unpaired) electrons. The first kappa shape index (κ1) is 8.09. The highest BCUT2D eigenvalue weighted by molar-refractivity contribution is 6.24. The van der Waals surface area contributed by atoms with Gasteiger partial charge in [-0.05, 0) is 0 Å². The molecule has 6 nitrogen and oxygen atoms in total. The Kier molecular flexibility index (Phi) is 2.50. The van der Waals surface area contributed by atoms with Crippen LogP contribution in [0.15, 0.2) is 0 Å². The molecule has 8 heteroatoms. The molecular formula is C3H4Cl2N6. The van der Waals surface area contributed by atoms with Crippen LogP contribution in [0.1, 0.15) is 0 Å². The van der Waals surface area contributed by atoms with Crippen LogP contribution in [0.25, 0.3) is 0 Å². The third-order valence-electron chi connectivity index (χ3n) is 0.822. The lowest BCUT2D eigenvalue weighted by Gasteiger charge is -1.99. The van der Waals surface area contributed by atoms with Gasteiger partial charge in [0.15, 0.2) is 0 Å². The topological polar surface area (TPSA) is 88.8 Å².